The van der Waals surface area contributed by atoms with Crippen molar-refractivity contribution in [1.29, 1.82) is 0 Å². The van der Waals surface area contributed by atoms with Crippen LogP contribution < -0.4 is 5.32 Å². The number of hydrogen-bond donors (Lipinski definition) is 1. The lowest BCUT2D eigenvalue weighted by Gasteiger charge is -2.27. The number of aromatic nitrogens is 1. The molecule has 1 unspecified atom stereocenters. The average molecular weight is 376 g/mol. The van der Waals surface area contributed by atoms with E-state index in [1.54, 1.807) is 12.1 Å². The van der Waals surface area contributed by atoms with Crippen LogP contribution in [0.4, 0.5) is 4.39 Å². The van der Waals surface area contributed by atoms with Crippen LogP contribution in [0.3, 0.4) is 0 Å². The summed E-state index contributed by atoms with van der Waals surface area (Å²) in [5.74, 6) is -0.0281. The van der Waals surface area contributed by atoms with E-state index in [0.717, 1.165) is 13.0 Å². The van der Waals surface area contributed by atoms with Gasteiger partial charge in [-0.3, -0.25) is 9.69 Å². The van der Waals surface area contributed by atoms with Crippen LogP contribution in [0.25, 0.3) is 0 Å². The van der Waals surface area contributed by atoms with Crippen molar-refractivity contribution in [3.8, 4) is 0 Å². The highest BCUT2D eigenvalue weighted by molar-refractivity contribution is 5.91. The number of rotatable bonds is 10. The summed E-state index contributed by atoms with van der Waals surface area (Å²) in [6, 6.07) is 6.97. The van der Waals surface area contributed by atoms with Gasteiger partial charge in [0.25, 0.3) is 5.91 Å². The molecule has 6 nitrogen and oxygen atoms in total. The second-order valence-corrected chi connectivity index (χ2v) is 6.94. The third-order valence-corrected chi connectivity index (χ3v) is 4.51. The van der Waals surface area contributed by atoms with Gasteiger partial charge in [-0.05, 0) is 33.5 Å². The van der Waals surface area contributed by atoms with E-state index in [1.165, 1.54) is 12.3 Å². The Kier molecular flexibility index (Phi) is 7.94. The summed E-state index contributed by atoms with van der Waals surface area (Å²) in [4.78, 5) is 20.5. The molecule has 1 N–H and O–H groups in total. The van der Waals surface area contributed by atoms with Crippen LogP contribution in [0.5, 0.6) is 0 Å². The molecule has 148 valence electrons. The summed E-state index contributed by atoms with van der Waals surface area (Å²) >= 11 is 0. The van der Waals surface area contributed by atoms with Crippen LogP contribution in [0.15, 0.2) is 34.9 Å². The number of benzene rings is 1. The van der Waals surface area contributed by atoms with E-state index in [4.69, 9.17) is 4.42 Å². The fraction of sp³-hybridized carbons (Fsp3) is 0.500. The van der Waals surface area contributed by atoms with Gasteiger partial charge in [-0.2, -0.15) is 0 Å². The Morgan fingerprint density at radius 1 is 1.30 bits per heavy atom. The first-order valence-corrected chi connectivity index (χ1v) is 9.25. The molecule has 0 saturated carbocycles. The zero-order chi connectivity index (χ0) is 19.8. The Labute approximate surface area is 160 Å². The van der Waals surface area contributed by atoms with Gasteiger partial charge in [0.1, 0.15) is 12.1 Å². The maximum Gasteiger partial charge on any atom is 0.273 e. The van der Waals surface area contributed by atoms with E-state index in [1.807, 2.05) is 25.1 Å². The molecular weight excluding hydrogens is 347 g/mol. The van der Waals surface area contributed by atoms with E-state index in [2.05, 4.69) is 29.0 Å². The van der Waals surface area contributed by atoms with E-state index in [9.17, 15) is 9.18 Å². The number of hydrogen-bond acceptors (Lipinski definition) is 5. The van der Waals surface area contributed by atoms with E-state index in [-0.39, 0.29) is 23.5 Å². The number of carbonyl (C=O) groups excluding carboxylic acids is 1. The predicted molar refractivity (Wildman–Crippen MR) is 103 cm³/mol. The zero-order valence-corrected chi connectivity index (χ0v) is 16.5. The highest BCUT2D eigenvalue weighted by atomic mass is 19.1. The molecule has 0 bridgehead atoms. The van der Waals surface area contributed by atoms with Gasteiger partial charge in [-0.15, -0.1) is 0 Å². The molecule has 1 aromatic carbocycles. The molecule has 0 aliphatic carbocycles. The van der Waals surface area contributed by atoms with Gasteiger partial charge < -0.3 is 14.6 Å². The van der Waals surface area contributed by atoms with E-state index >= 15 is 0 Å². The molecule has 0 fully saturated rings. The van der Waals surface area contributed by atoms with Crippen LogP contribution >= 0.6 is 0 Å². The molecule has 27 heavy (non-hydrogen) atoms. The minimum absolute atomic E-state index is 0.217. The fourth-order valence-corrected chi connectivity index (χ4v) is 2.62. The SMILES string of the molecule is CCC(C)N(Cc1nc(C(=O)NCCN(C)C)co1)Cc1ccccc1F. The zero-order valence-electron chi connectivity index (χ0n) is 16.5. The minimum atomic E-state index is -0.254. The van der Waals surface area contributed by atoms with Crippen molar-refractivity contribution in [3.63, 3.8) is 0 Å². The summed E-state index contributed by atoms with van der Waals surface area (Å²) in [7, 11) is 3.89. The van der Waals surface area contributed by atoms with Crippen molar-refractivity contribution >= 4 is 5.91 Å². The first-order valence-electron chi connectivity index (χ1n) is 9.25. The molecular formula is C20H29FN4O2. The number of likely N-dealkylation sites (N-methyl/N-ethyl adjacent to an activating group) is 1. The van der Waals surface area contributed by atoms with Crippen molar-refractivity contribution in [2.45, 2.75) is 39.4 Å². The fourth-order valence-electron chi connectivity index (χ4n) is 2.62. The number of carbonyl (C=O) groups is 1. The number of amides is 1. The van der Waals surface area contributed by atoms with Crippen LogP contribution in [0, 0.1) is 5.82 Å². The highest BCUT2D eigenvalue weighted by Crippen LogP contribution is 2.17. The molecule has 1 atom stereocenters. The van der Waals surface area contributed by atoms with E-state index < -0.39 is 0 Å². The van der Waals surface area contributed by atoms with Crippen LogP contribution in [-0.2, 0) is 13.1 Å². The summed E-state index contributed by atoms with van der Waals surface area (Å²) < 4.78 is 19.5. The predicted octanol–water partition coefficient (Wildman–Crippen LogP) is 2.91. The summed E-state index contributed by atoms with van der Waals surface area (Å²) in [6.45, 7) is 6.32. The molecule has 0 saturated heterocycles. The third-order valence-electron chi connectivity index (χ3n) is 4.51. The lowest BCUT2D eigenvalue weighted by Crippen LogP contribution is -2.32. The second-order valence-electron chi connectivity index (χ2n) is 6.94. The molecule has 7 heteroatoms. The van der Waals surface area contributed by atoms with Crippen LogP contribution in [0.2, 0.25) is 0 Å². The van der Waals surface area contributed by atoms with Gasteiger partial charge in [0.15, 0.2) is 5.69 Å². The average Bonchev–Trinajstić information content (AvgIpc) is 3.10. The smallest absolute Gasteiger partial charge is 0.273 e. The number of nitrogens with zero attached hydrogens (tertiary/aromatic N) is 3. The molecule has 1 aromatic heterocycles. The van der Waals surface area contributed by atoms with Crippen molar-refractivity contribution in [1.82, 2.24) is 20.1 Å². The minimum Gasteiger partial charge on any atom is -0.447 e. The number of halogens is 1. The number of nitrogens with one attached hydrogen (secondary N) is 1. The van der Waals surface area contributed by atoms with Gasteiger partial charge in [0, 0.05) is 31.2 Å². The van der Waals surface area contributed by atoms with Crippen LogP contribution in [0.1, 0.15) is 42.2 Å². The quantitative estimate of drug-likeness (QED) is 0.691. The lowest BCUT2D eigenvalue weighted by atomic mass is 10.1. The Morgan fingerprint density at radius 3 is 2.70 bits per heavy atom. The summed E-state index contributed by atoms with van der Waals surface area (Å²) in [5, 5.41) is 2.81. The molecule has 1 amide bonds. The maximum atomic E-state index is 14.0. The molecule has 0 aliphatic heterocycles. The Balaban J connectivity index is 2.02. The van der Waals surface area contributed by atoms with Gasteiger partial charge in [-0.1, -0.05) is 25.1 Å². The molecule has 0 radical (unpaired) electrons. The van der Waals surface area contributed by atoms with Crippen molar-refractivity contribution in [2.24, 2.45) is 0 Å². The second kappa shape index (κ2) is 10.2. The summed E-state index contributed by atoms with van der Waals surface area (Å²) in [5.41, 5.74) is 0.893. The Bertz CT molecular complexity index is 732. The van der Waals surface area contributed by atoms with Crippen molar-refractivity contribution in [3.05, 3.63) is 53.5 Å². The van der Waals surface area contributed by atoms with Crippen LogP contribution in [-0.4, -0.2) is 53.9 Å². The molecule has 2 aromatic rings. The molecule has 2 rings (SSSR count). The van der Waals surface area contributed by atoms with Crippen molar-refractivity contribution < 1.29 is 13.6 Å². The highest BCUT2D eigenvalue weighted by Gasteiger charge is 2.19. The van der Waals surface area contributed by atoms with Gasteiger partial charge >= 0.3 is 0 Å². The van der Waals surface area contributed by atoms with Gasteiger partial charge in [0.05, 0.1) is 6.54 Å². The first-order chi connectivity index (χ1) is 12.9. The molecule has 0 aliphatic rings. The number of oxazole rings is 1. The lowest BCUT2D eigenvalue weighted by molar-refractivity contribution is 0.0946. The van der Waals surface area contributed by atoms with Gasteiger partial charge in [-0.25, -0.2) is 9.37 Å². The third kappa shape index (κ3) is 6.45. The van der Waals surface area contributed by atoms with Crippen molar-refractivity contribution in [2.75, 3.05) is 27.2 Å². The topological polar surface area (TPSA) is 61.6 Å². The van der Waals surface area contributed by atoms with E-state index in [0.29, 0.717) is 31.1 Å². The molecule has 1 heterocycles. The normalized spacial score (nSPS) is 12.6. The molecule has 0 spiro atoms. The monoisotopic (exact) mass is 376 g/mol. The largest absolute Gasteiger partial charge is 0.447 e. The first kappa shape index (κ1) is 21.1. The maximum absolute atomic E-state index is 14.0. The standard InChI is InChI=1S/C20H29FN4O2/c1-5-15(2)25(12-16-8-6-7-9-17(16)21)13-19-23-18(14-27-19)20(26)22-10-11-24(3)4/h6-9,14-15H,5,10-13H2,1-4H3,(H,22,26). The Hall–Kier alpha value is -2.25. The summed E-state index contributed by atoms with van der Waals surface area (Å²) in [6.07, 6.45) is 2.28. The van der Waals surface area contributed by atoms with Gasteiger partial charge in [0.2, 0.25) is 5.89 Å². The Morgan fingerprint density at radius 2 is 2.04 bits per heavy atom.